The minimum Gasteiger partial charge on any atom is -0.491 e. The van der Waals surface area contributed by atoms with Gasteiger partial charge in [0, 0.05) is 0 Å². The van der Waals surface area contributed by atoms with Gasteiger partial charge in [0.05, 0.1) is 6.54 Å². The third kappa shape index (κ3) is 5.01. The largest absolute Gasteiger partial charge is 0.491 e. The van der Waals surface area contributed by atoms with Gasteiger partial charge in [0.1, 0.15) is 18.1 Å². The Balaban J connectivity index is 1.85. The molecule has 0 spiro atoms. The van der Waals surface area contributed by atoms with Gasteiger partial charge in [-0.25, -0.2) is 0 Å². The van der Waals surface area contributed by atoms with E-state index in [0.717, 1.165) is 28.2 Å². The van der Waals surface area contributed by atoms with Crippen LogP contribution in [0.5, 0.6) is 11.5 Å². The number of hydrogen-bond acceptors (Lipinski definition) is 3. The molecule has 1 N–H and O–H groups in total. The lowest BCUT2D eigenvalue weighted by Gasteiger charge is -2.19. The Kier molecular flexibility index (Phi) is 7.07. The van der Waals surface area contributed by atoms with Gasteiger partial charge in [0.25, 0.3) is 5.91 Å². The molecule has 0 bridgehead atoms. The molecule has 0 fully saturated rings. The average molecular weight is 355 g/mol. The van der Waals surface area contributed by atoms with Crippen LogP contribution in [-0.4, -0.2) is 25.2 Å². The zero-order chi connectivity index (χ0) is 19.1. The number of carbonyl (C=O) groups excluding carboxylic acids is 1. The molecule has 0 saturated carbocycles. The molecule has 2 aromatic carbocycles. The summed E-state index contributed by atoms with van der Waals surface area (Å²) >= 11 is 0. The normalized spacial score (nSPS) is 11.7. The van der Waals surface area contributed by atoms with E-state index >= 15 is 0 Å². The molecule has 2 rings (SSSR count). The third-order valence-electron chi connectivity index (χ3n) is 4.70. The van der Waals surface area contributed by atoms with E-state index in [-0.39, 0.29) is 5.91 Å². The molecule has 0 aromatic heterocycles. The number of benzene rings is 2. The summed E-state index contributed by atoms with van der Waals surface area (Å²) in [6.07, 6.45) is 0.105. The number of nitrogens with one attached hydrogen (secondary N) is 1. The lowest BCUT2D eigenvalue weighted by molar-refractivity contribution is -0.128. The fraction of sp³-hybridized carbons (Fsp3) is 0.409. The minimum absolute atomic E-state index is 0.113. The van der Waals surface area contributed by atoms with Gasteiger partial charge in [-0.05, 0) is 68.5 Å². The monoisotopic (exact) mass is 355 g/mol. The Morgan fingerprint density at radius 1 is 0.962 bits per heavy atom. The maximum Gasteiger partial charge on any atom is 0.261 e. The van der Waals surface area contributed by atoms with E-state index in [1.807, 2.05) is 58.0 Å². The van der Waals surface area contributed by atoms with Crippen LogP contribution in [-0.2, 0) is 4.79 Å². The van der Waals surface area contributed by atoms with E-state index in [9.17, 15) is 4.79 Å². The Bertz CT molecular complexity index is 755. The first kappa shape index (κ1) is 19.8. The highest BCUT2D eigenvalue weighted by Crippen LogP contribution is 2.22. The van der Waals surface area contributed by atoms with E-state index in [4.69, 9.17) is 9.47 Å². The maximum atomic E-state index is 12.4. The van der Waals surface area contributed by atoms with Gasteiger partial charge in [0.15, 0.2) is 6.10 Å². The van der Waals surface area contributed by atoms with Crippen LogP contribution in [0.3, 0.4) is 0 Å². The molecule has 0 aliphatic carbocycles. The number of rotatable bonds is 8. The summed E-state index contributed by atoms with van der Waals surface area (Å²) in [7, 11) is 0. The van der Waals surface area contributed by atoms with Crippen molar-refractivity contribution in [2.45, 2.75) is 47.1 Å². The highest BCUT2D eigenvalue weighted by Gasteiger charge is 2.19. The van der Waals surface area contributed by atoms with Crippen molar-refractivity contribution in [3.63, 3.8) is 0 Å². The molecule has 26 heavy (non-hydrogen) atoms. The molecule has 0 unspecified atom stereocenters. The lowest BCUT2D eigenvalue weighted by atomic mass is 10.1. The molecule has 1 atom stereocenters. The SMILES string of the molecule is CC[C@H](Oc1cccc(C)c1C)C(=O)NCCOc1cccc(C)c1C. The van der Waals surface area contributed by atoms with Crippen LogP contribution in [0, 0.1) is 27.7 Å². The summed E-state index contributed by atoms with van der Waals surface area (Å²) < 4.78 is 11.7. The zero-order valence-electron chi connectivity index (χ0n) is 16.4. The van der Waals surface area contributed by atoms with Crippen molar-refractivity contribution in [1.29, 1.82) is 0 Å². The average Bonchev–Trinajstić information content (AvgIpc) is 2.63. The topological polar surface area (TPSA) is 47.6 Å². The fourth-order valence-corrected chi connectivity index (χ4v) is 2.66. The summed E-state index contributed by atoms with van der Waals surface area (Å²) in [5.41, 5.74) is 4.54. The van der Waals surface area contributed by atoms with Gasteiger partial charge in [-0.3, -0.25) is 4.79 Å². The molecule has 140 valence electrons. The van der Waals surface area contributed by atoms with E-state index in [0.29, 0.717) is 19.6 Å². The molecule has 0 aliphatic heterocycles. The predicted molar refractivity (Wildman–Crippen MR) is 105 cm³/mol. The van der Waals surface area contributed by atoms with Gasteiger partial charge in [-0.2, -0.15) is 0 Å². The quantitative estimate of drug-likeness (QED) is 0.719. The first-order valence-corrected chi connectivity index (χ1v) is 9.13. The summed E-state index contributed by atoms with van der Waals surface area (Å²) in [6.45, 7) is 11.0. The highest BCUT2D eigenvalue weighted by atomic mass is 16.5. The number of amides is 1. The van der Waals surface area contributed by atoms with Crippen LogP contribution in [0.25, 0.3) is 0 Å². The Morgan fingerprint density at radius 2 is 1.54 bits per heavy atom. The van der Waals surface area contributed by atoms with Crippen LogP contribution in [0.1, 0.15) is 35.6 Å². The summed E-state index contributed by atoms with van der Waals surface area (Å²) in [5.74, 6) is 1.51. The van der Waals surface area contributed by atoms with Crippen molar-refractivity contribution in [1.82, 2.24) is 5.32 Å². The van der Waals surface area contributed by atoms with Crippen LogP contribution in [0.4, 0.5) is 0 Å². The molecule has 2 aromatic rings. The van der Waals surface area contributed by atoms with Gasteiger partial charge in [-0.1, -0.05) is 31.2 Å². The number of ether oxygens (including phenoxy) is 2. The van der Waals surface area contributed by atoms with Crippen molar-refractivity contribution in [3.8, 4) is 11.5 Å². The second-order valence-corrected chi connectivity index (χ2v) is 6.55. The number of aryl methyl sites for hydroxylation is 2. The summed E-state index contributed by atoms with van der Waals surface area (Å²) in [5, 5.41) is 2.90. The number of hydrogen-bond donors (Lipinski definition) is 1. The molecule has 0 radical (unpaired) electrons. The van der Waals surface area contributed by atoms with E-state index in [1.165, 1.54) is 5.56 Å². The van der Waals surface area contributed by atoms with E-state index in [2.05, 4.69) is 18.3 Å². The lowest BCUT2D eigenvalue weighted by Crippen LogP contribution is -2.40. The van der Waals surface area contributed by atoms with Gasteiger partial charge < -0.3 is 14.8 Å². The molecular formula is C22H29NO3. The molecule has 0 heterocycles. The maximum absolute atomic E-state index is 12.4. The molecule has 4 heteroatoms. The first-order chi connectivity index (χ1) is 12.4. The minimum atomic E-state index is -0.504. The van der Waals surface area contributed by atoms with Crippen LogP contribution in [0.2, 0.25) is 0 Å². The van der Waals surface area contributed by atoms with Gasteiger partial charge >= 0.3 is 0 Å². The molecule has 0 aliphatic rings. The highest BCUT2D eigenvalue weighted by molar-refractivity contribution is 5.81. The van der Waals surface area contributed by atoms with E-state index in [1.54, 1.807) is 0 Å². The first-order valence-electron chi connectivity index (χ1n) is 9.13. The fourth-order valence-electron chi connectivity index (χ4n) is 2.66. The Labute approximate surface area is 156 Å². The smallest absolute Gasteiger partial charge is 0.261 e. The second kappa shape index (κ2) is 9.27. The number of carbonyl (C=O) groups is 1. The molecule has 4 nitrogen and oxygen atoms in total. The zero-order valence-corrected chi connectivity index (χ0v) is 16.4. The van der Waals surface area contributed by atoms with Crippen molar-refractivity contribution >= 4 is 5.91 Å². The summed E-state index contributed by atoms with van der Waals surface area (Å²) in [4.78, 5) is 12.4. The Hall–Kier alpha value is -2.49. The standard InChI is InChI=1S/C22H29NO3/c1-6-19(26-21-12-8-10-16(3)18(21)5)22(24)23-13-14-25-20-11-7-9-15(2)17(20)4/h7-12,19H,6,13-14H2,1-5H3,(H,23,24)/t19-/m0/s1. The molecular weight excluding hydrogens is 326 g/mol. The van der Waals surface area contributed by atoms with Crippen molar-refractivity contribution in [2.24, 2.45) is 0 Å². The van der Waals surface area contributed by atoms with Gasteiger partial charge in [0.2, 0.25) is 0 Å². The Morgan fingerprint density at radius 3 is 2.15 bits per heavy atom. The summed E-state index contributed by atoms with van der Waals surface area (Å²) in [6, 6.07) is 11.9. The van der Waals surface area contributed by atoms with Crippen LogP contribution < -0.4 is 14.8 Å². The van der Waals surface area contributed by atoms with Crippen molar-refractivity contribution < 1.29 is 14.3 Å². The third-order valence-corrected chi connectivity index (χ3v) is 4.70. The van der Waals surface area contributed by atoms with Crippen LogP contribution >= 0.6 is 0 Å². The molecule has 0 saturated heterocycles. The van der Waals surface area contributed by atoms with Crippen molar-refractivity contribution in [2.75, 3.05) is 13.2 Å². The van der Waals surface area contributed by atoms with Crippen molar-refractivity contribution in [3.05, 3.63) is 58.7 Å². The van der Waals surface area contributed by atoms with Gasteiger partial charge in [-0.15, -0.1) is 0 Å². The molecule has 1 amide bonds. The van der Waals surface area contributed by atoms with E-state index < -0.39 is 6.10 Å². The second-order valence-electron chi connectivity index (χ2n) is 6.55. The predicted octanol–water partition coefficient (Wildman–Crippen LogP) is 4.27. The van der Waals surface area contributed by atoms with Crippen LogP contribution in [0.15, 0.2) is 36.4 Å².